The van der Waals surface area contributed by atoms with Gasteiger partial charge in [-0.1, -0.05) is 69.2 Å². The standard InChI is InChI=1S/C24H23FN4O4.C20H16FN3O2.C14H10FN3O.C10H17NO5.ClH/c1-24(2,3)32-23(31)29-14-18(30)12-20(29)22-27-21(28-33-22)19-10-9-16(13-26-19)8-7-15-5-4-6-17(25)11-15;21-16-3-1-2-13(10-16)4-5-14-6-9-18(22-12-14)19-23-20(26-24-19)15-7-8-17(25)11-15;15-12-3-1-2-10(8-12)4-5-11-6-7-13(17-9-11)14(16)18-19;1-10(2,3)16-9(15)11-5-6(12)4-7(11)8(13)14;/h4-6,9-11,13,18,20,30H,12,14H2,1-3H3;1-3,6,9-10,12,15,17,25H,7-8,11H2;1-3,6-9,19H,(H2,16,18);6-7,12H,4-5H2,1-3H3,(H,13,14);1H/t18-,20-;15-,17+;;6-,7-;/m11.1./s1. The zero-order valence-corrected chi connectivity index (χ0v) is 53.0. The van der Waals surface area contributed by atoms with Crippen LogP contribution in [0.4, 0.5) is 22.8 Å². The second-order valence-corrected chi connectivity index (χ2v) is 23.6. The van der Waals surface area contributed by atoms with Crippen LogP contribution < -0.4 is 5.73 Å². The molecule has 1 aliphatic carbocycles. The molecule has 0 unspecified atom stereocenters. The lowest BCUT2D eigenvalue weighted by Crippen LogP contribution is -2.43. The van der Waals surface area contributed by atoms with Crippen LogP contribution >= 0.6 is 12.4 Å². The molecule has 494 valence electrons. The number of amidine groups is 1. The molecule has 0 bridgehead atoms. The van der Waals surface area contributed by atoms with E-state index in [1.54, 1.807) is 121 Å². The molecule has 7 heterocycles. The summed E-state index contributed by atoms with van der Waals surface area (Å²) in [4.78, 5) is 58.9. The van der Waals surface area contributed by atoms with Crippen LogP contribution in [0, 0.1) is 53.0 Å². The summed E-state index contributed by atoms with van der Waals surface area (Å²) < 4.78 is 60.6. The predicted molar refractivity (Wildman–Crippen MR) is 340 cm³/mol. The summed E-state index contributed by atoms with van der Waals surface area (Å²) in [6.45, 7) is 10.5. The number of nitrogens with two attached hydrogens (primary N) is 1. The fraction of sp³-hybridized carbons (Fsp3) is 0.309. The molecule has 2 saturated heterocycles. The number of aliphatic hydroxyl groups is 3. The van der Waals surface area contributed by atoms with E-state index >= 15 is 0 Å². The minimum Gasteiger partial charge on any atom is -0.480 e. The molecule has 11 rings (SSSR count). The van der Waals surface area contributed by atoms with Gasteiger partial charge in [0.25, 0.3) is 0 Å². The lowest BCUT2D eigenvalue weighted by Gasteiger charge is -2.26. The van der Waals surface area contributed by atoms with Crippen LogP contribution in [0.3, 0.4) is 0 Å². The van der Waals surface area contributed by atoms with Gasteiger partial charge in [0.05, 0.1) is 31.4 Å². The van der Waals surface area contributed by atoms with Crippen LogP contribution in [-0.2, 0) is 14.3 Å². The Balaban J connectivity index is 0.000000185. The minimum absolute atomic E-state index is 0. The number of aliphatic hydroxyl groups excluding tert-OH is 3. The number of carbonyl (C=O) groups is 3. The molecule has 23 nitrogen and oxygen atoms in total. The monoisotopic (exact) mass is 1320 g/mol. The number of carboxylic acids is 1. The fourth-order valence-corrected chi connectivity index (χ4v) is 9.30. The highest BCUT2D eigenvalue weighted by molar-refractivity contribution is 5.95. The normalized spacial score (nSPS) is 18.0. The molecule has 7 N–H and O–H groups in total. The Morgan fingerprint density at radius 1 is 0.568 bits per heavy atom. The number of likely N-dealkylation sites (tertiary alicyclic amines) is 2. The van der Waals surface area contributed by atoms with Gasteiger partial charge in [-0.15, -0.1) is 12.4 Å². The van der Waals surface area contributed by atoms with Gasteiger partial charge >= 0.3 is 18.2 Å². The van der Waals surface area contributed by atoms with Crippen molar-refractivity contribution in [2.24, 2.45) is 10.9 Å². The highest BCUT2D eigenvalue weighted by atomic mass is 35.5. The SMILES string of the molecule is CC(C)(C)OC(=O)N1C[C@H](O)C[C@@H]1C(=O)O.CC(C)(C)OC(=O)N1C[C@H](O)C[C@@H]1c1nc(-c2ccc(C#Cc3cccc(F)c3)cn2)no1.Cl.N/C(=N\O)c1ccc(C#Cc2cccc(F)c2)cn1.O[C@H]1CC[C@@H](c2nc(-c3ccc(C#Cc4cccc(F)c4)cn3)no2)C1. The Kier molecular flexibility index (Phi) is 24.7. The largest absolute Gasteiger partial charge is 0.480 e. The topological polar surface area (TPSA) is 332 Å². The number of pyridine rings is 3. The Hall–Kier alpha value is -10.7. The number of halogens is 4. The van der Waals surface area contributed by atoms with Gasteiger partial charge in [-0.3, -0.25) is 24.8 Å². The van der Waals surface area contributed by atoms with Crippen LogP contribution in [0.2, 0.25) is 0 Å². The van der Waals surface area contributed by atoms with Crippen molar-refractivity contribution in [1.29, 1.82) is 0 Å². The summed E-state index contributed by atoms with van der Waals surface area (Å²) in [6.07, 6.45) is 4.22. The third-order valence-corrected chi connectivity index (χ3v) is 13.7. The first-order valence-electron chi connectivity index (χ1n) is 29.4. The summed E-state index contributed by atoms with van der Waals surface area (Å²) in [5, 5.41) is 57.3. The van der Waals surface area contributed by atoms with Gasteiger partial charge < -0.3 is 49.9 Å². The maximum atomic E-state index is 13.3. The summed E-state index contributed by atoms with van der Waals surface area (Å²) >= 11 is 0. The van der Waals surface area contributed by atoms with Crippen LogP contribution in [0.5, 0.6) is 0 Å². The Morgan fingerprint density at radius 2 is 1.00 bits per heavy atom. The van der Waals surface area contributed by atoms with E-state index < -0.39 is 53.6 Å². The van der Waals surface area contributed by atoms with Gasteiger partial charge in [0, 0.05) is 70.7 Å². The molecule has 5 aromatic heterocycles. The number of oxime groups is 1. The summed E-state index contributed by atoms with van der Waals surface area (Å²) in [7, 11) is 0. The maximum absolute atomic E-state index is 13.3. The van der Waals surface area contributed by atoms with E-state index in [1.165, 1.54) is 47.5 Å². The number of nitrogens with zero attached hydrogens (tertiary/aromatic N) is 10. The van der Waals surface area contributed by atoms with Crippen molar-refractivity contribution in [1.82, 2.24) is 45.0 Å². The predicted octanol–water partition coefficient (Wildman–Crippen LogP) is 9.59. The molecular weight excluding hydrogens is 1260 g/mol. The van der Waals surface area contributed by atoms with Crippen molar-refractivity contribution in [3.63, 3.8) is 0 Å². The molecule has 2 amide bonds. The number of hydrogen-bond donors (Lipinski definition) is 6. The molecule has 95 heavy (non-hydrogen) atoms. The number of carbonyl (C=O) groups excluding carboxylic acids is 2. The lowest BCUT2D eigenvalue weighted by atomic mass is 10.1. The first-order valence-corrected chi connectivity index (χ1v) is 29.4. The third-order valence-electron chi connectivity index (χ3n) is 13.7. The Labute approximate surface area is 550 Å². The van der Waals surface area contributed by atoms with Crippen molar-refractivity contribution >= 4 is 36.4 Å². The summed E-state index contributed by atoms with van der Waals surface area (Å²) in [6, 6.07) is 26.9. The number of ether oxygens (including phenoxy) is 2. The quantitative estimate of drug-likeness (QED) is 0.0296. The second kappa shape index (κ2) is 32.7. The molecule has 3 fully saturated rings. The number of benzene rings is 3. The van der Waals surface area contributed by atoms with Crippen molar-refractivity contribution in [2.75, 3.05) is 13.1 Å². The zero-order chi connectivity index (χ0) is 67.7. The van der Waals surface area contributed by atoms with Crippen molar-refractivity contribution in [3.05, 3.63) is 196 Å². The molecular formula is C68H67ClF3N11O12. The second-order valence-electron chi connectivity index (χ2n) is 23.6. The molecule has 3 aromatic carbocycles. The van der Waals surface area contributed by atoms with E-state index in [9.17, 15) is 42.9 Å². The van der Waals surface area contributed by atoms with Gasteiger partial charge in [-0.25, -0.2) is 27.6 Å². The summed E-state index contributed by atoms with van der Waals surface area (Å²) in [5.41, 5.74) is 9.22. The number of aliphatic carboxylic acids is 1. The van der Waals surface area contributed by atoms with E-state index in [-0.39, 0.29) is 85.4 Å². The van der Waals surface area contributed by atoms with Crippen LogP contribution in [0.25, 0.3) is 23.0 Å². The average molecular weight is 1320 g/mol. The average Bonchev–Trinajstić information content (AvgIpc) is 1.67. The number of aromatic nitrogens is 7. The molecule has 0 spiro atoms. The lowest BCUT2D eigenvalue weighted by molar-refractivity contribution is -0.142. The smallest absolute Gasteiger partial charge is 0.411 e. The fourth-order valence-electron chi connectivity index (χ4n) is 9.30. The summed E-state index contributed by atoms with van der Waals surface area (Å²) in [5.74, 6) is 16.7. The first-order chi connectivity index (χ1) is 44.7. The van der Waals surface area contributed by atoms with Crippen molar-refractivity contribution < 1.29 is 71.7 Å². The van der Waals surface area contributed by atoms with Crippen LogP contribution in [-0.4, -0.2) is 143 Å². The molecule has 0 radical (unpaired) electrons. The molecule has 1 saturated carbocycles. The highest BCUT2D eigenvalue weighted by Crippen LogP contribution is 2.35. The van der Waals surface area contributed by atoms with Crippen molar-refractivity contribution in [3.8, 4) is 58.6 Å². The number of amides is 2. The van der Waals surface area contributed by atoms with Crippen LogP contribution in [0.1, 0.15) is 136 Å². The molecule has 3 aliphatic rings. The number of hydrogen-bond acceptors (Lipinski definition) is 19. The van der Waals surface area contributed by atoms with Crippen LogP contribution in [0.15, 0.2) is 142 Å². The highest BCUT2D eigenvalue weighted by Gasteiger charge is 2.42. The zero-order valence-electron chi connectivity index (χ0n) is 52.2. The van der Waals surface area contributed by atoms with Crippen molar-refractivity contribution in [2.45, 2.75) is 121 Å². The number of β-amino-alcohol motifs (C(OH)–C–C–N with tert-alkyl or cyclic N) is 2. The molecule has 6 atom stereocenters. The van der Waals surface area contributed by atoms with E-state index in [2.05, 4.69) is 75.9 Å². The molecule has 2 aliphatic heterocycles. The maximum Gasteiger partial charge on any atom is 0.411 e. The van der Waals surface area contributed by atoms with Gasteiger partial charge in [0.2, 0.25) is 23.4 Å². The minimum atomic E-state index is -1.12. The van der Waals surface area contributed by atoms with Gasteiger partial charge in [0.1, 0.15) is 57.8 Å². The van der Waals surface area contributed by atoms with Gasteiger partial charge in [-0.2, -0.15) is 9.97 Å². The number of carboxylic acid groups (broad SMARTS) is 1. The van der Waals surface area contributed by atoms with E-state index in [0.29, 0.717) is 68.6 Å². The number of rotatable bonds is 6. The van der Waals surface area contributed by atoms with Gasteiger partial charge in [0.15, 0.2) is 5.84 Å². The third kappa shape index (κ3) is 21.7. The Morgan fingerprint density at radius 3 is 1.41 bits per heavy atom. The van der Waals surface area contributed by atoms with E-state index in [0.717, 1.165) is 17.7 Å². The molecule has 8 aromatic rings. The Bertz CT molecular complexity index is 4170. The van der Waals surface area contributed by atoms with E-state index in [1.807, 2.05) is 6.07 Å². The molecule has 27 heteroatoms. The van der Waals surface area contributed by atoms with Gasteiger partial charge in [-0.05, 0) is 152 Å². The first kappa shape index (κ1) is 71.7. The van der Waals surface area contributed by atoms with E-state index in [4.69, 9.17) is 34.6 Å².